The summed E-state index contributed by atoms with van der Waals surface area (Å²) in [5.41, 5.74) is 0. The molecule has 0 atom stereocenters. The SMILES string of the molecule is CCC1CCC(N(C)S(=O)(=O)c2cccnc2Cl)CC1. The zero-order chi connectivity index (χ0) is 14.8. The second-order valence-electron chi connectivity index (χ2n) is 5.40. The normalized spacial score (nSPS) is 24.0. The van der Waals surface area contributed by atoms with Crippen LogP contribution in [0.25, 0.3) is 0 Å². The summed E-state index contributed by atoms with van der Waals surface area (Å²) in [5.74, 6) is 0.740. The lowest BCUT2D eigenvalue weighted by atomic mass is 9.85. The minimum absolute atomic E-state index is 0.0431. The van der Waals surface area contributed by atoms with Crippen molar-refractivity contribution in [2.24, 2.45) is 5.92 Å². The Bertz CT molecular complexity index is 554. The lowest BCUT2D eigenvalue weighted by molar-refractivity contribution is 0.233. The van der Waals surface area contributed by atoms with Crippen LogP contribution in [-0.2, 0) is 10.0 Å². The molecule has 1 heterocycles. The molecule has 1 aliphatic carbocycles. The van der Waals surface area contributed by atoms with Gasteiger partial charge in [-0.3, -0.25) is 0 Å². The number of nitrogens with zero attached hydrogens (tertiary/aromatic N) is 2. The molecule has 0 aliphatic heterocycles. The predicted octanol–water partition coefficient (Wildman–Crippen LogP) is 3.32. The molecule has 1 aromatic rings. The van der Waals surface area contributed by atoms with Gasteiger partial charge in [0, 0.05) is 19.3 Å². The first-order chi connectivity index (χ1) is 9.46. The van der Waals surface area contributed by atoms with Crippen molar-refractivity contribution in [1.82, 2.24) is 9.29 Å². The monoisotopic (exact) mass is 316 g/mol. The molecule has 20 heavy (non-hydrogen) atoms. The Morgan fingerprint density at radius 1 is 1.35 bits per heavy atom. The van der Waals surface area contributed by atoms with E-state index in [1.54, 1.807) is 13.1 Å². The Morgan fingerprint density at radius 2 is 2.00 bits per heavy atom. The van der Waals surface area contributed by atoms with Crippen LogP contribution >= 0.6 is 11.6 Å². The molecule has 0 bridgehead atoms. The first-order valence-corrected chi connectivity index (χ1v) is 8.87. The third-order valence-electron chi connectivity index (χ3n) is 4.29. The Morgan fingerprint density at radius 3 is 2.55 bits per heavy atom. The topological polar surface area (TPSA) is 50.3 Å². The average molecular weight is 317 g/mol. The molecule has 0 unspecified atom stereocenters. The fourth-order valence-electron chi connectivity index (χ4n) is 2.83. The molecule has 112 valence electrons. The van der Waals surface area contributed by atoms with E-state index in [0.717, 1.165) is 31.6 Å². The van der Waals surface area contributed by atoms with Gasteiger partial charge in [-0.2, -0.15) is 4.31 Å². The van der Waals surface area contributed by atoms with Crippen LogP contribution in [-0.4, -0.2) is 30.8 Å². The molecule has 1 aromatic heterocycles. The van der Waals surface area contributed by atoms with Crippen LogP contribution in [0.2, 0.25) is 5.15 Å². The molecule has 2 rings (SSSR count). The maximum Gasteiger partial charge on any atom is 0.246 e. The number of rotatable bonds is 4. The van der Waals surface area contributed by atoms with E-state index in [9.17, 15) is 8.42 Å². The molecule has 6 heteroatoms. The highest BCUT2D eigenvalue weighted by atomic mass is 35.5. The molecule has 0 radical (unpaired) electrons. The number of hydrogen-bond acceptors (Lipinski definition) is 3. The first kappa shape index (κ1) is 15.7. The second kappa shape index (κ2) is 6.41. The largest absolute Gasteiger partial charge is 0.246 e. The van der Waals surface area contributed by atoms with Crippen LogP contribution in [0.15, 0.2) is 23.2 Å². The maximum absolute atomic E-state index is 12.6. The van der Waals surface area contributed by atoms with Gasteiger partial charge in [-0.25, -0.2) is 13.4 Å². The van der Waals surface area contributed by atoms with Crippen LogP contribution in [0.4, 0.5) is 0 Å². The van der Waals surface area contributed by atoms with E-state index < -0.39 is 10.0 Å². The van der Waals surface area contributed by atoms with Crippen molar-refractivity contribution in [3.63, 3.8) is 0 Å². The quantitative estimate of drug-likeness (QED) is 0.801. The van der Waals surface area contributed by atoms with Gasteiger partial charge in [0.2, 0.25) is 10.0 Å². The van der Waals surface area contributed by atoms with Gasteiger partial charge >= 0.3 is 0 Å². The average Bonchev–Trinajstić information content (AvgIpc) is 2.47. The number of halogens is 1. The van der Waals surface area contributed by atoms with E-state index in [2.05, 4.69) is 11.9 Å². The predicted molar refractivity (Wildman–Crippen MR) is 80.2 cm³/mol. The first-order valence-electron chi connectivity index (χ1n) is 7.05. The standard InChI is InChI=1S/C14H21ClN2O2S/c1-3-11-6-8-12(9-7-11)17(2)20(18,19)13-5-4-10-16-14(13)15/h4-5,10-12H,3,6-9H2,1-2H3. The van der Waals surface area contributed by atoms with Crippen molar-refractivity contribution in [2.75, 3.05) is 7.05 Å². The fourth-order valence-corrected chi connectivity index (χ4v) is 4.67. The smallest absolute Gasteiger partial charge is 0.243 e. The molecule has 1 saturated carbocycles. The van der Waals surface area contributed by atoms with E-state index in [1.165, 1.54) is 23.0 Å². The highest BCUT2D eigenvalue weighted by molar-refractivity contribution is 7.89. The zero-order valence-corrected chi connectivity index (χ0v) is 13.5. The molecule has 4 nitrogen and oxygen atoms in total. The van der Waals surface area contributed by atoms with Gasteiger partial charge in [0.1, 0.15) is 10.0 Å². The van der Waals surface area contributed by atoms with Crippen molar-refractivity contribution in [3.05, 3.63) is 23.5 Å². The molecule has 1 fully saturated rings. The van der Waals surface area contributed by atoms with E-state index in [-0.39, 0.29) is 16.1 Å². The van der Waals surface area contributed by atoms with Crippen LogP contribution < -0.4 is 0 Å². The Labute approximate surface area is 126 Å². The molecule has 0 saturated heterocycles. The third kappa shape index (κ3) is 3.15. The number of pyridine rings is 1. The van der Waals surface area contributed by atoms with E-state index >= 15 is 0 Å². The van der Waals surface area contributed by atoms with Gasteiger partial charge in [0.15, 0.2) is 0 Å². The molecule has 0 N–H and O–H groups in total. The van der Waals surface area contributed by atoms with Gasteiger partial charge in [0.05, 0.1) is 0 Å². The van der Waals surface area contributed by atoms with Crippen LogP contribution in [0.3, 0.4) is 0 Å². The minimum Gasteiger partial charge on any atom is -0.243 e. The van der Waals surface area contributed by atoms with Crippen LogP contribution in [0.1, 0.15) is 39.0 Å². The second-order valence-corrected chi connectivity index (χ2v) is 7.72. The Balaban J connectivity index is 2.16. The highest BCUT2D eigenvalue weighted by Gasteiger charge is 2.32. The van der Waals surface area contributed by atoms with Gasteiger partial charge in [-0.1, -0.05) is 24.9 Å². The van der Waals surface area contributed by atoms with Crippen molar-refractivity contribution in [1.29, 1.82) is 0 Å². The van der Waals surface area contributed by atoms with Crippen molar-refractivity contribution >= 4 is 21.6 Å². The van der Waals surface area contributed by atoms with E-state index in [1.807, 2.05) is 0 Å². The summed E-state index contributed by atoms with van der Waals surface area (Å²) in [6.07, 6.45) is 6.72. The summed E-state index contributed by atoms with van der Waals surface area (Å²) in [4.78, 5) is 3.96. The van der Waals surface area contributed by atoms with Gasteiger partial charge < -0.3 is 0 Å². The van der Waals surface area contributed by atoms with E-state index in [0.29, 0.717) is 0 Å². The van der Waals surface area contributed by atoms with Gasteiger partial charge in [-0.15, -0.1) is 0 Å². The minimum atomic E-state index is -3.55. The summed E-state index contributed by atoms with van der Waals surface area (Å²) in [6, 6.07) is 3.18. The molecule has 0 spiro atoms. The third-order valence-corrected chi connectivity index (χ3v) is 6.64. The van der Waals surface area contributed by atoms with Crippen molar-refractivity contribution in [3.8, 4) is 0 Å². The summed E-state index contributed by atoms with van der Waals surface area (Å²) < 4.78 is 26.7. The fraction of sp³-hybridized carbons (Fsp3) is 0.643. The number of aromatic nitrogens is 1. The zero-order valence-electron chi connectivity index (χ0n) is 11.9. The lowest BCUT2D eigenvalue weighted by Gasteiger charge is -2.33. The molecule has 0 amide bonds. The van der Waals surface area contributed by atoms with Gasteiger partial charge in [0.25, 0.3) is 0 Å². The number of hydrogen-bond donors (Lipinski definition) is 0. The van der Waals surface area contributed by atoms with Crippen molar-refractivity contribution in [2.45, 2.75) is 50.0 Å². The summed E-state index contributed by atoms with van der Waals surface area (Å²) in [7, 11) is -1.91. The number of sulfonamides is 1. The van der Waals surface area contributed by atoms with Crippen LogP contribution in [0.5, 0.6) is 0 Å². The Hall–Kier alpha value is -0.650. The van der Waals surface area contributed by atoms with Crippen LogP contribution in [0, 0.1) is 5.92 Å². The lowest BCUT2D eigenvalue weighted by Crippen LogP contribution is -2.39. The molecule has 1 aliphatic rings. The molecular formula is C14H21ClN2O2S. The maximum atomic E-state index is 12.6. The Kier molecular flexibility index (Phi) is 5.04. The highest BCUT2D eigenvalue weighted by Crippen LogP contribution is 2.32. The van der Waals surface area contributed by atoms with E-state index in [4.69, 9.17) is 11.6 Å². The molecular weight excluding hydrogens is 296 g/mol. The molecule has 0 aromatic carbocycles. The van der Waals surface area contributed by atoms with Gasteiger partial charge in [-0.05, 0) is 43.7 Å². The summed E-state index contributed by atoms with van der Waals surface area (Å²) >= 11 is 5.92. The summed E-state index contributed by atoms with van der Waals surface area (Å²) in [5, 5.41) is 0.0431. The summed E-state index contributed by atoms with van der Waals surface area (Å²) in [6.45, 7) is 2.20. The van der Waals surface area contributed by atoms with Crippen molar-refractivity contribution < 1.29 is 8.42 Å².